The number of nitrogens with one attached hydrogen (secondary N) is 2. The normalized spacial score (nSPS) is 10.2. The van der Waals surface area contributed by atoms with E-state index in [1.165, 1.54) is 0 Å². The predicted octanol–water partition coefficient (Wildman–Crippen LogP) is 1.92. The maximum atomic E-state index is 11.4. The third-order valence-electron chi connectivity index (χ3n) is 1.88. The molecule has 2 N–H and O–H groups in total. The Morgan fingerprint density at radius 2 is 2.31 bits per heavy atom. The minimum atomic E-state index is -0.0598. The van der Waals surface area contributed by atoms with Gasteiger partial charge in [-0.15, -0.1) is 0 Å². The van der Waals surface area contributed by atoms with Crippen molar-refractivity contribution in [2.24, 2.45) is 5.92 Å². The number of hydrogen-bond donors (Lipinski definition) is 2. The standard InChI is InChI=1S/C11H16ClN3O/c1-8(2)6-14-10(16)7-15-11-9(12)4-3-5-13-11/h3-5,8H,6-7H2,1-2H3,(H,13,15)(H,14,16). The molecule has 1 rings (SSSR count). The Bertz CT molecular complexity index is 355. The molecule has 0 aliphatic heterocycles. The van der Waals surface area contributed by atoms with Crippen molar-refractivity contribution in [3.8, 4) is 0 Å². The first-order chi connectivity index (χ1) is 7.59. The fraction of sp³-hybridized carbons (Fsp3) is 0.455. The number of rotatable bonds is 5. The molecule has 1 amide bonds. The quantitative estimate of drug-likeness (QED) is 0.828. The lowest BCUT2D eigenvalue weighted by atomic mass is 10.2. The minimum absolute atomic E-state index is 0.0598. The highest BCUT2D eigenvalue weighted by Gasteiger charge is 2.04. The van der Waals surface area contributed by atoms with E-state index in [0.29, 0.717) is 23.3 Å². The van der Waals surface area contributed by atoms with Gasteiger partial charge in [-0.05, 0) is 18.1 Å². The van der Waals surface area contributed by atoms with Crippen molar-refractivity contribution in [3.63, 3.8) is 0 Å². The number of nitrogens with zero attached hydrogens (tertiary/aromatic N) is 1. The van der Waals surface area contributed by atoms with Crippen molar-refractivity contribution in [2.45, 2.75) is 13.8 Å². The van der Waals surface area contributed by atoms with E-state index in [2.05, 4.69) is 15.6 Å². The summed E-state index contributed by atoms with van der Waals surface area (Å²) in [6.45, 7) is 4.95. The number of carbonyl (C=O) groups excluding carboxylic acids is 1. The Morgan fingerprint density at radius 1 is 1.56 bits per heavy atom. The number of carbonyl (C=O) groups is 1. The summed E-state index contributed by atoms with van der Waals surface area (Å²) in [6, 6.07) is 3.47. The van der Waals surface area contributed by atoms with Gasteiger partial charge < -0.3 is 10.6 Å². The largest absolute Gasteiger partial charge is 0.360 e. The van der Waals surface area contributed by atoms with Gasteiger partial charge >= 0.3 is 0 Å². The fourth-order valence-corrected chi connectivity index (χ4v) is 1.25. The molecule has 4 nitrogen and oxygen atoms in total. The van der Waals surface area contributed by atoms with Crippen LogP contribution < -0.4 is 10.6 Å². The molecule has 0 saturated heterocycles. The predicted molar refractivity (Wildman–Crippen MR) is 65.6 cm³/mol. The van der Waals surface area contributed by atoms with E-state index in [1.54, 1.807) is 18.3 Å². The van der Waals surface area contributed by atoms with Crippen LogP contribution in [0.5, 0.6) is 0 Å². The molecule has 0 aliphatic rings. The summed E-state index contributed by atoms with van der Waals surface area (Å²) in [5.74, 6) is 0.918. The number of amides is 1. The van der Waals surface area contributed by atoms with Crippen molar-refractivity contribution < 1.29 is 4.79 Å². The minimum Gasteiger partial charge on any atom is -0.360 e. The summed E-state index contributed by atoms with van der Waals surface area (Å²) in [7, 11) is 0. The van der Waals surface area contributed by atoms with Crippen molar-refractivity contribution in [3.05, 3.63) is 23.4 Å². The summed E-state index contributed by atoms with van der Waals surface area (Å²) < 4.78 is 0. The molecule has 0 saturated carbocycles. The monoisotopic (exact) mass is 241 g/mol. The smallest absolute Gasteiger partial charge is 0.239 e. The van der Waals surface area contributed by atoms with Gasteiger partial charge in [-0.25, -0.2) is 4.98 Å². The maximum absolute atomic E-state index is 11.4. The highest BCUT2D eigenvalue weighted by atomic mass is 35.5. The van der Waals surface area contributed by atoms with Crippen LogP contribution in [0.2, 0.25) is 5.02 Å². The lowest BCUT2D eigenvalue weighted by molar-refractivity contribution is -0.119. The van der Waals surface area contributed by atoms with Gasteiger partial charge in [0.2, 0.25) is 5.91 Å². The number of pyridine rings is 1. The average Bonchev–Trinajstić information content (AvgIpc) is 2.25. The van der Waals surface area contributed by atoms with Gasteiger partial charge in [0.05, 0.1) is 11.6 Å². The highest BCUT2D eigenvalue weighted by molar-refractivity contribution is 6.32. The molecule has 0 unspecified atom stereocenters. The van der Waals surface area contributed by atoms with Gasteiger partial charge in [0, 0.05) is 12.7 Å². The lowest BCUT2D eigenvalue weighted by Crippen LogP contribution is -2.32. The van der Waals surface area contributed by atoms with E-state index in [-0.39, 0.29) is 12.5 Å². The van der Waals surface area contributed by atoms with Crippen molar-refractivity contribution in [2.75, 3.05) is 18.4 Å². The van der Waals surface area contributed by atoms with Crippen LogP contribution in [0.25, 0.3) is 0 Å². The highest BCUT2D eigenvalue weighted by Crippen LogP contribution is 2.16. The van der Waals surface area contributed by atoms with Crippen molar-refractivity contribution in [1.82, 2.24) is 10.3 Å². The van der Waals surface area contributed by atoms with E-state index in [4.69, 9.17) is 11.6 Å². The molecular weight excluding hydrogens is 226 g/mol. The molecule has 5 heteroatoms. The SMILES string of the molecule is CC(C)CNC(=O)CNc1ncccc1Cl. The molecule has 0 spiro atoms. The van der Waals surface area contributed by atoms with Gasteiger partial charge in [0.25, 0.3) is 0 Å². The molecule has 0 aromatic carbocycles. The summed E-state index contributed by atoms with van der Waals surface area (Å²) >= 11 is 5.88. The Hall–Kier alpha value is -1.29. The molecule has 0 atom stereocenters. The molecule has 88 valence electrons. The van der Waals surface area contributed by atoms with E-state index in [0.717, 1.165) is 0 Å². The van der Waals surface area contributed by atoms with Gasteiger partial charge in [0.15, 0.2) is 0 Å². The van der Waals surface area contributed by atoms with Crippen LogP contribution in [-0.2, 0) is 4.79 Å². The number of anilines is 1. The molecular formula is C11H16ClN3O. The molecule has 16 heavy (non-hydrogen) atoms. The van der Waals surface area contributed by atoms with Gasteiger partial charge in [-0.3, -0.25) is 4.79 Å². The third kappa shape index (κ3) is 4.49. The van der Waals surface area contributed by atoms with Crippen LogP contribution in [-0.4, -0.2) is 24.0 Å². The summed E-state index contributed by atoms with van der Waals surface area (Å²) in [5, 5.41) is 6.19. The number of aromatic nitrogens is 1. The maximum Gasteiger partial charge on any atom is 0.239 e. The van der Waals surface area contributed by atoms with E-state index in [1.807, 2.05) is 13.8 Å². The molecule has 1 heterocycles. The van der Waals surface area contributed by atoms with Crippen LogP contribution in [0.1, 0.15) is 13.8 Å². The first-order valence-corrected chi connectivity index (χ1v) is 5.58. The van der Waals surface area contributed by atoms with Gasteiger partial charge in [-0.2, -0.15) is 0 Å². The second-order valence-corrected chi connectivity index (χ2v) is 4.29. The molecule has 0 fully saturated rings. The van der Waals surface area contributed by atoms with Crippen LogP contribution in [0.15, 0.2) is 18.3 Å². The van der Waals surface area contributed by atoms with E-state index in [9.17, 15) is 4.79 Å². The topological polar surface area (TPSA) is 54.0 Å². The van der Waals surface area contributed by atoms with Crippen LogP contribution >= 0.6 is 11.6 Å². The molecule has 0 aliphatic carbocycles. The van der Waals surface area contributed by atoms with Crippen LogP contribution in [0.4, 0.5) is 5.82 Å². The molecule has 0 radical (unpaired) electrons. The fourth-order valence-electron chi connectivity index (χ4n) is 1.06. The summed E-state index contributed by atoms with van der Waals surface area (Å²) in [5.41, 5.74) is 0. The van der Waals surface area contributed by atoms with Crippen molar-refractivity contribution in [1.29, 1.82) is 0 Å². The molecule has 0 bridgehead atoms. The van der Waals surface area contributed by atoms with E-state index < -0.39 is 0 Å². The Labute approximate surface area is 100 Å². The van der Waals surface area contributed by atoms with Gasteiger partial charge in [0.1, 0.15) is 5.82 Å². The second-order valence-electron chi connectivity index (χ2n) is 3.89. The lowest BCUT2D eigenvalue weighted by Gasteiger charge is -2.09. The average molecular weight is 242 g/mol. The number of hydrogen-bond acceptors (Lipinski definition) is 3. The summed E-state index contributed by atoms with van der Waals surface area (Å²) in [6.07, 6.45) is 1.63. The first-order valence-electron chi connectivity index (χ1n) is 5.20. The van der Waals surface area contributed by atoms with Crippen LogP contribution in [0.3, 0.4) is 0 Å². The summed E-state index contributed by atoms with van der Waals surface area (Å²) in [4.78, 5) is 15.4. The van der Waals surface area contributed by atoms with Crippen LogP contribution in [0, 0.1) is 5.92 Å². The number of halogens is 1. The zero-order chi connectivity index (χ0) is 12.0. The zero-order valence-corrected chi connectivity index (χ0v) is 10.2. The van der Waals surface area contributed by atoms with Gasteiger partial charge in [-0.1, -0.05) is 25.4 Å². The first kappa shape index (κ1) is 12.8. The Morgan fingerprint density at radius 3 is 2.94 bits per heavy atom. The van der Waals surface area contributed by atoms with E-state index >= 15 is 0 Å². The Balaban J connectivity index is 2.35. The molecule has 1 aromatic rings. The van der Waals surface area contributed by atoms with Crippen molar-refractivity contribution >= 4 is 23.3 Å². The second kappa shape index (κ2) is 6.33. The molecule has 1 aromatic heterocycles. The Kier molecular flexibility index (Phi) is 5.05. The zero-order valence-electron chi connectivity index (χ0n) is 9.46. The third-order valence-corrected chi connectivity index (χ3v) is 2.19.